The minimum atomic E-state index is 0.251. The van der Waals surface area contributed by atoms with Crippen LogP contribution in [-0.2, 0) is 4.84 Å². The Hall–Kier alpha value is -0.830. The molecule has 1 aromatic heterocycles. The Morgan fingerprint density at radius 3 is 3.00 bits per heavy atom. The second kappa shape index (κ2) is 2.90. The van der Waals surface area contributed by atoms with Gasteiger partial charge in [0.25, 0.3) is 0 Å². The van der Waals surface area contributed by atoms with Crippen LogP contribution in [0.5, 0.6) is 0 Å². The van der Waals surface area contributed by atoms with Crippen LogP contribution in [0.4, 0.5) is 0 Å². The van der Waals surface area contributed by atoms with Gasteiger partial charge in [0.15, 0.2) is 0 Å². The van der Waals surface area contributed by atoms with E-state index in [1.54, 1.807) is 11.3 Å². The molecule has 0 saturated carbocycles. The molecule has 2 heterocycles. The largest absolute Gasteiger partial charge is 0.392 e. The van der Waals surface area contributed by atoms with Crippen LogP contribution in [0.2, 0.25) is 0 Å². The first kappa shape index (κ1) is 7.80. The van der Waals surface area contributed by atoms with Crippen molar-refractivity contribution in [2.24, 2.45) is 5.16 Å². The predicted octanol–water partition coefficient (Wildman–Crippen LogP) is 2.57. The summed E-state index contributed by atoms with van der Waals surface area (Å²) in [5.41, 5.74) is 2.41. The molecule has 2 rings (SSSR count). The van der Waals surface area contributed by atoms with Gasteiger partial charge in [-0.1, -0.05) is 5.16 Å². The molecule has 2 nitrogen and oxygen atoms in total. The van der Waals surface area contributed by atoms with E-state index in [4.69, 9.17) is 4.84 Å². The molecule has 1 aliphatic rings. The van der Waals surface area contributed by atoms with Crippen LogP contribution in [0.15, 0.2) is 16.6 Å². The van der Waals surface area contributed by atoms with E-state index in [0.29, 0.717) is 0 Å². The zero-order valence-corrected chi connectivity index (χ0v) is 8.02. The van der Waals surface area contributed by atoms with Crippen molar-refractivity contribution >= 4 is 17.0 Å². The van der Waals surface area contributed by atoms with Gasteiger partial charge in [-0.15, -0.1) is 11.3 Å². The summed E-state index contributed by atoms with van der Waals surface area (Å²) in [4.78, 5) is 6.42. The molecule has 0 fully saturated rings. The van der Waals surface area contributed by atoms with Gasteiger partial charge >= 0.3 is 0 Å². The number of aryl methyl sites for hydroxylation is 1. The molecule has 12 heavy (non-hydrogen) atoms. The van der Waals surface area contributed by atoms with Gasteiger partial charge in [0.1, 0.15) is 11.8 Å². The standard InChI is InChI=1S/C9H11NOS/c1-6-3-4-12-9(6)8-5-7(2)11-10-8/h3-4,7H,5H2,1-2H3. The second-order valence-electron chi connectivity index (χ2n) is 3.09. The fraction of sp³-hybridized carbons (Fsp3) is 0.444. The molecule has 3 heteroatoms. The lowest BCUT2D eigenvalue weighted by Gasteiger charge is -1.96. The zero-order chi connectivity index (χ0) is 8.55. The summed E-state index contributed by atoms with van der Waals surface area (Å²) in [5.74, 6) is 0. The summed E-state index contributed by atoms with van der Waals surface area (Å²) in [6.45, 7) is 4.15. The van der Waals surface area contributed by atoms with Gasteiger partial charge in [0.05, 0.1) is 4.88 Å². The molecule has 1 aromatic rings. The van der Waals surface area contributed by atoms with Crippen molar-refractivity contribution in [3.63, 3.8) is 0 Å². The highest BCUT2D eigenvalue weighted by Gasteiger charge is 2.19. The fourth-order valence-electron chi connectivity index (χ4n) is 1.30. The average Bonchev–Trinajstić information content (AvgIpc) is 2.58. The predicted molar refractivity (Wildman–Crippen MR) is 50.8 cm³/mol. The molecule has 0 aliphatic carbocycles. The minimum absolute atomic E-state index is 0.251. The number of rotatable bonds is 1. The van der Waals surface area contributed by atoms with Crippen LogP contribution in [-0.4, -0.2) is 11.8 Å². The maximum absolute atomic E-state index is 5.14. The molecule has 1 unspecified atom stereocenters. The lowest BCUT2D eigenvalue weighted by Crippen LogP contribution is -2.02. The van der Waals surface area contributed by atoms with Gasteiger partial charge in [-0.3, -0.25) is 0 Å². The molecule has 0 bridgehead atoms. The number of hydrogen-bond acceptors (Lipinski definition) is 3. The van der Waals surface area contributed by atoms with Gasteiger partial charge in [-0.2, -0.15) is 0 Å². The van der Waals surface area contributed by atoms with Crippen molar-refractivity contribution in [3.8, 4) is 0 Å². The Morgan fingerprint density at radius 2 is 2.50 bits per heavy atom. The minimum Gasteiger partial charge on any atom is -0.392 e. The lowest BCUT2D eigenvalue weighted by atomic mass is 10.1. The van der Waals surface area contributed by atoms with E-state index >= 15 is 0 Å². The average molecular weight is 181 g/mol. The van der Waals surface area contributed by atoms with Gasteiger partial charge in [-0.05, 0) is 30.9 Å². The van der Waals surface area contributed by atoms with Crippen LogP contribution in [0.25, 0.3) is 0 Å². The van der Waals surface area contributed by atoms with E-state index in [1.165, 1.54) is 10.4 Å². The van der Waals surface area contributed by atoms with Gasteiger partial charge < -0.3 is 4.84 Å². The van der Waals surface area contributed by atoms with Crippen LogP contribution in [0, 0.1) is 6.92 Å². The molecule has 0 N–H and O–H groups in total. The second-order valence-corrected chi connectivity index (χ2v) is 4.01. The van der Waals surface area contributed by atoms with Gasteiger partial charge in [0.2, 0.25) is 0 Å². The Morgan fingerprint density at radius 1 is 1.67 bits per heavy atom. The van der Waals surface area contributed by atoms with E-state index in [0.717, 1.165) is 12.1 Å². The smallest absolute Gasteiger partial charge is 0.130 e. The van der Waals surface area contributed by atoms with Crippen molar-refractivity contribution in [2.45, 2.75) is 26.4 Å². The fourth-order valence-corrected chi connectivity index (χ4v) is 2.22. The summed E-state index contributed by atoms with van der Waals surface area (Å²) in [5, 5.41) is 6.14. The van der Waals surface area contributed by atoms with Crippen LogP contribution in [0.3, 0.4) is 0 Å². The van der Waals surface area contributed by atoms with Gasteiger partial charge in [0, 0.05) is 6.42 Å². The summed E-state index contributed by atoms with van der Waals surface area (Å²) in [7, 11) is 0. The van der Waals surface area contributed by atoms with Crippen molar-refractivity contribution in [1.29, 1.82) is 0 Å². The van der Waals surface area contributed by atoms with Crippen molar-refractivity contribution in [1.82, 2.24) is 0 Å². The highest BCUT2D eigenvalue weighted by Crippen LogP contribution is 2.23. The van der Waals surface area contributed by atoms with E-state index in [-0.39, 0.29) is 6.10 Å². The molecular weight excluding hydrogens is 170 g/mol. The first-order valence-electron chi connectivity index (χ1n) is 4.04. The van der Waals surface area contributed by atoms with E-state index < -0.39 is 0 Å². The zero-order valence-electron chi connectivity index (χ0n) is 7.20. The highest BCUT2D eigenvalue weighted by atomic mass is 32.1. The third-order valence-corrected chi connectivity index (χ3v) is 3.01. The monoisotopic (exact) mass is 181 g/mol. The molecular formula is C9H11NOS. The maximum Gasteiger partial charge on any atom is 0.130 e. The van der Waals surface area contributed by atoms with Crippen molar-refractivity contribution in [3.05, 3.63) is 21.9 Å². The first-order valence-corrected chi connectivity index (χ1v) is 4.92. The van der Waals surface area contributed by atoms with Crippen LogP contribution >= 0.6 is 11.3 Å². The Bertz CT molecular complexity index is 316. The topological polar surface area (TPSA) is 21.6 Å². The number of thiophene rings is 1. The molecule has 0 radical (unpaired) electrons. The SMILES string of the molecule is Cc1ccsc1C1=NOC(C)C1. The maximum atomic E-state index is 5.14. The van der Waals surface area contributed by atoms with Crippen LogP contribution < -0.4 is 0 Å². The Balaban J connectivity index is 2.27. The van der Waals surface area contributed by atoms with E-state index in [2.05, 4.69) is 23.5 Å². The van der Waals surface area contributed by atoms with Gasteiger partial charge in [-0.25, -0.2) is 0 Å². The third-order valence-electron chi connectivity index (χ3n) is 1.95. The number of hydrogen-bond donors (Lipinski definition) is 0. The normalized spacial score (nSPS) is 22.2. The van der Waals surface area contributed by atoms with E-state index in [1.807, 2.05) is 6.92 Å². The molecule has 1 aliphatic heterocycles. The lowest BCUT2D eigenvalue weighted by molar-refractivity contribution is 0.0995. The summed E-state index contributed by atoms with van der Waals surface area (Å²) in [6, 6.07) is 2.12. The summed E-state index contributed by atoms with van der Waals surface area (Å²) < 4.78 is 0. The number of oxime groups is 1. The van der Waals surface area contributed by atoms with E-state index in [9.17, 15) is 0 Å². The Kier molecular flexibility index (Phi) is 1.89. The van der Waals surface area contributed by atoms with Crippen molar-refractivity contribution in [2.75, 3.05) is 0 Å². The third kappa shape index (κ3) is 1.25. The molecule has 0 amide bonds. The number of nitrogens with zero attached hydrogens (tertiary/aromatic N) is 1. The van der Waals surface area contributed by atoms with Crippen LogP contribution in [0.1, 0.15) is 23.8 Å². The highest BCUT2D eigenvalue weighted by molar-refractivity contribution is 7.12. The van der Waals surface area contributed by atoms with Crippen molar-refractivity contribution < 1.29 is 4.84 Å². The first-order chi connectivity index (χ1) is 5.77. The molecule has 1 atom stereocenters. The quantitative estimate of drug-likeness (QED) is 0.652. The Labute approximate surface area is 75.9 Å². The molecule has 64 valence electrons. The molecule has 0 saturated heterocycles. The molecule has 0 aromatic carbocycles. The summed E-state index contributed by atoms with van der Waals surface area (Å²) >= 11 is 1.74. The summed E-state index contributed by atoms with van der Waals surface area (Å²) in [6.07, 6.45) is 1.20. The molecule has 0 spiro atoms.